The minimum absolute atomic E-state index is 0.0274. The number of benzene rings is 1. The monoisotopic (exact) mass is 665 g/mol. The number of likely N-dealkylation sites (tertiary alicyclic amines) is 1. The largest absolute Gasteiger partial charge is 0.481 e. The average molecular weight is 666 g/mol. The molecule has 6 amide bonds. The lowest BCUT2D eigenvalue weighted by molar-refractivity contribution is -0.146. The van der Waals surface area contributed by atoms with Crippen LogP contribution in [0.15, 0.2) is 24.3 Å². The molecular formula is C30H40ClN5O10. The topological polar surface area (TPSA) is 228 Å². The normalized spacial score (nSPS) is 17.6. The first-order valence-electron chi connectivity index (χ1n) is 14.8. The van der Waals surface area contributed by atoms with Crippen LogP contribution in [0.25, 0.3) is 0 Å². The van der Waals surface area contributed by atoms with E-state index in [1.54, 1.807) is 38.1 Å². The van der Waals surface area contributed by atoms with E-state index >= 15 is 0 Å². The molecule has 46 heavy (non-hydrogen) atoms. The summed E-state index contributed by atoms with van der Waals surface area (Å²) < 4.78 is 0. The number of carbonyl (C=O) groups excluding carboxylic acids is 6. The first kappa shape index (κ1) is 37.7. The maximum Gasteiger partial charge on any atom is 0.312 e. The van der Waals surface area contributed by atoms with Gasteiger partial charge >= 0.3 is 11.9 Å². The molecule has 1 aliphatic rings. The van der Waals surface area contributed by atoms with E-state index in [1.807, 2.05) is 5.32 Å². The second-order valence-corrected chi connectivity index (χ2v) is 11.5. The number of nitrogens with zero attached hydrogens (tertiary/aromatic N) is 1. The molecule has 15 nitrogen and oxygen atoms in total. The summed E-state index contributed by atoms with van der Waals surface area (Å²) >= 11 is 6.17. The second-order valence-electron chi connectivity index (χ2n) is 11.1. The number of imide groups is 1. The van der Waals surface area contributed by atoms with Crippen LogP contribution in [0.1, 0.15) is 64.9 Å². The molecule has 0 radical (unpaired) electrons. The van der Waals surface area contributed by atoms with Crippen LogP contribution in [0.3, 0.4) is 0 Å². The van der Waals surface area contributed by atoms with Gasteiger partial charge in [0.15, 0.2) is 0 Å². The molecule has 1 heterocycles. The molecule has 0 unspecified atom stereocenters. The Bertz CT molecular complexity index is 1340. The molecule has 0 aromatic heterocycles. The van der Waals surface area contributed by atoms with E-state index in [0.717, 1.165) is 10.5 Å². The molecule has 1 aromatic rings. The molecule has 16 heteroatoms. The van der Waals surface area contributed by atoms with Gasteiger partial charge in [0.25, 0.3) is 0 Å². The molecule has 6 N–H and O–H groups in total. The van der Waals surface area contributed by atoms with Gasteiger partial charge in [-0.05, 0) is 36.8 Å². The molecular weight excluding hydrogens is 626 g/mol. The number of carboxylic acid groups (broad SMARTS) is 2. The van der Waals surface area contributed by atoms with E-state index < -0.39 is 84.4 Å². The van der Waals surface area contributed by atoms with E-state index in [2.05, 4.69) is 16.0 Å². The van der Waals surface area contributed by atoms with Crippen LogP contribution in [0.5, 0.6) is 0 Å². The molecule has 5 atom stereocenters. The summed E-state index contributed by atoms with van der Waals surface area (Å²) in [6.07, 6.45) is -1.24. The second kappa shape index (κ2) is 17.8. The van der Waals surface area contributed by atoms with Crippen LogP contribution >= 0.6 is 11.6 Å². The van der Waals surface area contributed by atoms with E-state index in [1.165, 1.54) is 6.92 Å². The Kier molecular flexibility index (Phi) is 14.6. The number of hydrogen-bond acceptors (Lipinski definition) is 8. The number of nitrogens with one attached hydrogen (secondary N) is 4. The fourth-order valence-electron chi connectivity index (χ4n) is 4.99. The maximum absolute atomic E-state index is 13.9. The van der Waals surface area contributed by atoms with Crippen molar-refractivity contribution in [2.24, 2.45) is 5.92 Å². The van der Waals surface area contributed by atoms with Gasteiger partial charge in [-0.1, -0.05) is 50.1 Å². The summed E-state index contributed by atoms with van der Waals surface area (Å²) in [7, 11) is 0. The number of hydrogen-bond donors (Lipinski definition) is 6. The third-order valence-corrected chi connectivity index (χ3v) is 7.89. The van der Waals surface area contributed by atoms with Gasteiger partial charge in [-0.25, -0.2) is 0 Å². The summed E-state index contributed by atoms with van der Waals surface area (Å²) in [5.74, 6) is -7.74. The number of carbonyl (C=O) groups is 8. The van der Waals surface area contributed by atoms with Crippen molar-refractivity contribution >= 4 is 59.0 Å². The highest BCUT2D eigenvalue weighted by atomic mass is 35.5. The number of amides is 6. The third kappa shape index (κ3) is 11.8. The molecule has 1 saturated heterocycles. The minimum Gasteiger partial charge on any atom is -0.481 e. The van der Waals surface area contributed by atoms with Crippen LogP contribution in [-0.2, 0) is 44.8 Å². The van der Waals surface area contributed by atoms with E-state index in [9.17, 15) is 43.5 Å². The van der Waals surface area contributed by atoms with Gasteiger partial charge in [0, 0.05) is 37.4 Å². The number of rotatable bonds is 16. The highest BCUT2D eigenvalue weighted by molar-refractivity contribution is 6.31. The lowest BCUT2D eigenvalue weighted by Crippen LogP contribution is -2.58. The molecule has 0 bridgehead atoms. The van der Waals surface area contributed by atoms with Crippen LogP contribution in [0.4, 0.5) is 0 Å². The minimum atomic E-state index is -1.49. The van der Waals surface area contributed by atoms with Crippen molar-refractivity contribution in [1.82, 2.24) is 26.2 Å². The van der Waals surface area contributed by atoms with Gasteiger partial charge < -0.3 is 31.1 Å². The number of aryl methyl sites for hydroxylation is 1. The van der Waals surface area contributed by atoms with Crippen LogP contribution in [-0.4, -0.2) is 93.2 Å². The van der Waals surface area contributed by atoms with Crippen molar-refractivity contribution in [3.05, 3.63) is 34.9 Å². The van der Waals surface area contributed by atoms with Crippen molar-refractivity contribution < 1.29 is 48.6 Å². The van der Waals surface area contributed by atoms with Crippen molar-refractivity contribution in [2.75, 3.05) is 6.54 Å². The molecule has 1 aliphatic heterocycles. The molecule has 252 valence electrons. The highest BCUT2D eigenvalue weighted by Gasteiger charge is 2.43. The number of halogens is 1. The van der Waals surface area contributed by atoms with Gasteiger partial charge in [0.05, 0.1) is 0 Å². The van der Waals surface area contributed by atoms with Crippen molar-refractivity contribution in [3.63, 3.8) is 0 Å². The molecule has 2 rings (SSSR count). The molecule has 1 aromatic carbocycles. The van der Waals surface area contributed by atoms with E-state index in [4.69, 9.17) is 16.7 Å². The Labute approximate surface area is 270 Å². The fraction of sp³-hybridized carbons (Fsp3) is 0.533. The standard InChI is InChI=1S/C30H40ClN5O10/c1-4-16(2)27(32-17(3)37)29(45)34-21(10-12-25(40)41)30(46)36-15-19(13-22(36)28(44)35-24(39)14-26(42)43)33-23(38)11-9-18-7-5-6-8-20(18)31/h5-8,16,19,21-22,27H,4,9-15H2,1-3H3,(H,32,37)(H,33,38)(H,34,45)(H,40,41)(H,42,43)(H,35,39,44)/t16-,19-,21-,22-,27-/m0/s1. The predicted molar refractivity (Wildman–Crippen MR) is 163 cm³/mol. The van der Waals surface area contributed by atoms with Gasteiger partial charge in [0.2, 0.25) is 35.4 Å². The van der Waals surface area contributed by atoms with Gasteiger partial charge in [-0.2, -0.15) is 0 Å². The van der Waals surface area contributed by atoms with Gasteiger partial charge in [0.1, 0.15) is 24.5 Å². The zero-order valence-electron chi connectivity index (χ0n) is 25.8. The summed E-state index contributed by atoms with van der Waals surface area (Å²) in [6.45, 7) is 4.49. The summed E-state index contributed by atoms with van der Waals surface area (Å²) in [5.41, 5.74) is 0.740. The van der Waals surface area contributed by atoms with Crippen molar-refractivity contribution in [2.45, 2.75) is 89.9 Å². The molecule has 1 fully saturated rings. The van der Waals surface area contributed by atoms with Gasteiger partial charge in [-0.15, -0.1) is 0 Å². The van der Waals surface area contributed by atoms with Crippen LogP contribution in [0, 0.1) is 5.92 Å². The maximum atomic E-state index is 13.9. The van der Waals surface area contributed by atoms with Crippen molar-refractivity contribution in [1.29, 1.82) is 0 Å². The molecule has 0 aliphatic carbocycles. The van der Waals surface area contributed by atoms with Crippen LogP contribution in [0.2, 0.25) is 5.02 Å². The van der Waals surface area contributed by atoms with Crippen LogP contribution < -0.4 is 21.3 Å². The fourth-order valence-corrected chi connectivity index (χ4v) is 5.22. The zero-order valence-corrected chi connectivity index (χ0v) is 26.6. The Hall–Kier alpha value is -4.53. The Morgan fingerprint density at radius 2 is 1.65 bits per heavy atom. The van der Waals surface area contributed by atoms with Crippen molar-refractivity contribution in [3.8, 4) is 0 Å². The van der Waals surface area contributed by atoms with E-state index in [0.29, 0.717) is 17.9 Å². The number of carboxylic acids is 2. The molecule has 0 saturated carbocycles. The summed E-state index contributed by atoms with van der Waals surface area (Å²) in [6, 6.07) is 2.32. The zero-order chi connectivity index (χ0) is 34.6. The van der Waals surface area contributed by atoms with E-state index in [-0.39, 0.29) is 31.7 Å². The summed E-state index contributed by atoms with van der Waals surface area (Å²) in [5, 5.41) is 28.4. The first-order valence-corrected chi connectivity index (χ1v) is 15.2. The third-order valence-electron chi connectivity index (χ3n) is 7.52. The SMILES string of the molecule is CC[C@H](C)[C@H](NC(C)=O)C(=O)N[C@@H](CCC(=O)O)C(=O)N1C[C@@H](NC(=O)CCc2ccccc2Cl)C[C@H]1C(=O)NC(=O)CC(=O)O. The Morgan fingerprint density at radius 1 is 0.978 bits per heavy atom. The summed E-state index contributed by atoms with van der Waals surface area (Å²) in [4.78, 5) is 100. The Balaban J connectivity index is 2.31. The first-order chi connectivity index (χ1) is 21.6. The number of aliphatic carboxylic acids is 2. The quantitative estimate of drug-likeness (QED) is 0.133. The lowest BCUT2D eigenvalue weighted by Gasteiger charge is -2.30. The average Bonchev–Trinajstić information content (AvgIpc) is 3.39. The molecule has 0 spiro atoms. The Morgan fingerprint density at radius 3 is 2.24 bits per heavy atom. The lowest BCUT2D eigenvalue weighted by atomic mass is 9.97. The smallest absolute Gasteiger partial charge is 0.312 e. The van der Waals surface area contributed by atoms with Gasteiger partial charge in [-0.3, -0.25) is 43.7 Å². The highest BCUT2D eigenvalue weighted by Crippen LogP contribution is 2.22. The predicted octanol–water partition coefficient (Wildman–Crippen LogP) is 0.376.